The van der Waals surface area contributed by atoms with Gasteiger partial charge in [-0.1, -0.05) is 18.2 Å². The van der Waals surface area contributed by atoms with Gasteiger partial charge >= 0.3 is 0 Å². The Morgan fingerprint density at radius 1 is 1.24 bits per heavy atom. The molecule has 1 aromatic carbocycles. The Labute approximate surface area is 117 Å². The van der Waals surface area contributed by atoms with Crippen LogP contribution in [0.1, 0.15) is 12.8 Å². The third kappa shape index (κ3) is 7.03. The van der Waals surface area contributed by atoms with Crippen LogP contribution in [0, 0.1) is 0 Å². The number of alkyl halides is 2. The fourth-order valence-corrected chi connectivity index (χ4v) is 2.62. The highest BCUT2D eigenvalue weighted by Crippen LogP contribution is 2.34. The van der Waals surface area contributed by atoms with Crippen LogP contribution in [0.4, 0.5) is 0 Å². The molecule has 0 radical (unpaired) electrons. The summed E-state index contributed by atoms with van der Waals surface area (Å²) < 4.78 is 34.5. The summed E-state index contributed by atoms with van der Waals surface area (Å²) in [7, 11) is -3.92. The largest absolute Gasteiger partial charge is 0.466 e. The second-order valence-corrected chi connectivity index (χ2v) is 8.64. The first-order valence-electron chi connectivity index (χ1n) is 4.86. The summed E-state index contributed by atoms with van der Waals surface area (Å²) in [6.45, 7) is 0. The van der Waals surface area contributed by atoms with Gasteiger partial charge in [0.05, 0.1) is 5.75 Å². The smallest absolute Gasteiger partial charge is 0.264 e. The first kappa shape index (κ1) is 14.9. The minimum atomic E-state index is -3.92. The summed E-state index contributed by atoms with van der Waals surface area (Å²) >= 11 is 6.61. The molecule has 0 heterocycles. The van der Waals surface area contributed by atoms with E-state index >= 15 is 0 Å². The Morgan fingerprint density at radius 2 is 1.82 bits per heavy atom. The molecule has 0 saturated carbocycles. The van der Waals surface area contributed by atoms with Gasteiger partial charge in [0.15, 0.2) is 0 Å². The van der Waals surface area contributed by atoms with E-state index in [2.05, 4.69) is 31.9 Å². The van der Waals surface area contributed by atoms with Gasteiger partial charge in [0.1, 0.15) is 5.75 Å². The predicted octanol–water partition coefficient (Wildman–Crippen LogP) is 3.18. The lowest BCUT2D eigenvalue weighted by Gasteiger charge is -2.22. The minimum Gasteiger partial charge on any atom is -0.466 e. The van der Waals surface area contributed by atoms with Gasteiger partial charge in [-0.25, -0.2) is 0 Å². The van der Waals surface area contributed by atoms with Gasteiger partial charge in [-0.15, -0.1) is 0 Å². The van der Waals surface area contributed by atoms with Crippen molar-refractivity contribution < 1.29 is 17.7 Å². The number of hydrogen-bond acceptors (Lipinski definition) is 3. The predicted molar refractivity (Wildman–Crippen MR) is 73.3 cm³/mol. The zero-order valence-electron chi connectivity index (χ0n) is 8.84. The van der Waals surface area contributed by atoms with E-state index in [1.807, 2.05) is 18.2 Å². The molecule has 1 N–H and O–H groups in total. The van der Waals surface area contributed by atoms with Crippen molar-refractivity contribution in [3.8, 4) is 5.75 Å². The highest BCUT2D eigenvalue weighted by atomic mass is 79.9. The monoisotopic (exact) mass is 386 g/mol. The van der Waals surface area contributed by atoms with Crippen LogP contribution in [-0.4, -0.2) is 22.1 Å². The van der Waals surface area contributed by atoms with Crippen molar-refractivity contribution in [3.63, 3.8) is 0 Å². The quantitative estimate of drug-likeness (QED) is 0.601. The maximum atomic E-state index is 10.6. The first-order chi connectivity index (χ1) is 7.79. The fraction of sp³-hybridized carbons (Fsp3) is 0.400. The topological polar surface area (TPSA) is 63.6 Å². The van der Waals surface area contributed by atoms with Crippen molar-refractivity contribution in [2.24, 2.45) is 0 Å². The van der Waals surface area contributed by atoms with Crippen LogP contribution in [0.2, 0.25) is 0 Å². The highest BCUT2D eigenvalue weighted by molar-refractivity contribution is 9.25. The van der Waals surface area contributed by atoms with Crippen LogP contribution in [0.15, 0.2) is 30.3 Å². The summed E-state index contributed by atoms with van der Waals surface area (Å²) in [4.78, 5) is 0. The summed E-state index contributed by atoms with van der Waals surface area (Å²) in [6.07, 6.45) is 0.670. The lowest BCUT2D eigenvalue weighted by Crippen LogP contribution is -2.21. The van der Waals surface area contributed by atoms with E-state index in [0.29, 0.717) is 12.2 Å². The van der Waals surface area contributed by atoms with E-state index in [1.165, 1.54) is 0 Å². The normalized spacial score (nSPS) is 12.4. The molecule has 0 atom stereocenters. The Hall–Kier alpha value is -0.110. The van der Waals surface area contributed by atoms with E-state index in [0.717, 1.165) is 0 Å². The molecule has 0 aliphatic heterocycles. The third-order valence-electron chi connectivity index (χ3n) is 1.88. The maximum absolute atomic E-state index is 10.6. The standard InChI is InChI=1S/C10H12Br2O4S/c11-10(12,7-4-8-17(13,14)15)16-9-5-2-1-3-6-9/h1-3,5-6H,4,7-8H2,(H,13,14,15). The number of halogens is 2. The van der Waals surface area contributed by atoms with Gasteiger partial charge in [-0.2, -0.15) is 8.42 Å². The molecule has 1 aromatic rings. The average Bonchev–Trinajstić information content (AvgIpc) is 2.15. The molecule has 0 saturated heterocycles. The molecule has 0 aliphatic rings. The van der Waals surface area contributed by atoms with Crippen molar-refractivity contribution in [1.29, 1.82) is 0 Å². The van der Waals surface area contributed by atoms with Crippen LogP contribution in [0.25, 0.3) is 0 Å². The van der Waals surface area contributed by atoms with Gasteiger partial charge in [-0.05, 0) is 50.4 Å². The zero-order chi connectivity index (χ0) is 12.9. The highest BCUT2D eigenvalue weighted by Gasteiger charge is 2.25. The Morgan fingerprint density at radius 3 is 2.35 bits per heavy atom. The molecular formula is C10H12Br2O4S. The average molecular weight is 388 g/mol. The number of para-hydroxylation sites is 1. The molecule has 0 bridgehead atoms. The molecule has 0 fully saturated rings. The van der Waals surface area contributed by atoms with Gasteiger partial charge < -0.3 is 4.74 Å². The van der Waals surface area contributed by atoms with E-state index in [4.69, 9.17) is 9.29 Å². The summed E-state index contributed by atoms with van der Waals surface area (Å²) in [5, 5.41) is 0. The number of benzene rings is 1. The van der Waals surface area contributed by atoms with Crippen molar-refractivity contribution in [2.75, 3.05) is 5.75 Å². The van der Waals surface area contributed by atoms with Crippen LogP contribution in [0.3, 0.4) is 0 Å². The van der Waals surface area contributed by atoms with Crippen LogP contribution >= 0.6 is 31.9 Å². The van der Waals surface area contributed by atoms with Gasteiger partial charge in [0.2, 0.25) is 3.42 Å². The Bertz CT molecular complexity index is 445. The van der Waals surface area contributed by atoms with Crippen molar-refractivity contribution in [3.05, 3.63) is 30.3 Å². The second-order valence-electron chi connectivity index (χ2n) is 3.44. The van der Waals surface area contributed by atoms with E-state index in [1.54, 1.807) is 12.1 Å². The summed E-state index contributed by atoms with van der Waals surface area (Å²) in [5.74, 6) is 0.373. The SMILES string of the molecule is O=S(=O)(O)CCCC(Br)(Br)Oc1ccccc1. The van der Waals surface area contributed by atoms with Crippen LogP contribution < -0.4 is 4.74 Å². The summed E-state index contributed by atoms with van der Waals surface area (Å²) in [6, 6.07) is 9.13. The molecule has 4 nitrogen and oxygen atoms in total. The molecule has 0 spiro atoms. The molecule has 0 aliphatic carbocycles. The lowest BCUT2D eigenvalue weighted by molar-refractivity contribution is 0.258. The van der Waals surface area contributed by atoms with E-state index < -0.39 is 13.5 Å². The second kappa shape index (κ2) is 6.17. The summed E-state index contributed by atoms with van der Waals surface area (Å²) in [5.41, 5.74) is 0. The fourth-order valence-electron chi connectivity index (χ4n) is 1.17. The molecule has 1 rings (SSSR count). The maximum Gasteiger partial charge on any atom is 0.264 e. The van der Waals surface area contributed by atoms with Gasteiger partial charge in [-0.3, -0.25) is 4.55 Å². The first-order valence-corrected chi connectivity index (χ1v) is 8.05. The molecule has 0 amide bonds. The van der Waals surface area contributed by atoms with Crippen LogP contribution in [0.5, 0.6) is 5.75 Å². The molecule has 17 heavy (non-hydrogen) atoms. The van der Waals surface area contributed by atoms with Gasteiger partial charge in [0, 0.05) is 6.42 Å². The molecule has 0 unspecified atom stereocenters. The number of rotatable bonds is 6. The number of ether oxygens (including phenoxy) is 1. The minimum absolute atomic E-state index is 0.280. The van der Waals surface area contributed by atoms with Crippen molar-refractivity contribution in [2.45, 2.75) is 16.3 Å². The Balaban J connectivity index is 2.46. The van der Waals surface area contributed by atoms with Crippen molar-refractivity contribution in [1.82, 2.24) is 0 Å². The molecular weight excluding hydrogens is 376 g/mol. The lowest BCUT2D eigenvalue weighted by atomic mass is 10.3. The zero-order valence-corrected chi connectivity index (χ0v) is 12.8. The number of hydrogen-bond donors (Lipinski definition) is 1. The molecule has 96 valence electrons. The van der Waals surface area contributed by atoms with E-state index in [9.17, 15) is 8.42 Å². The third-order valence-corrected chi connectivity index (χ3v) is 3.80. The van der Waals surface area contributed by atoms with Crippen LogP contribution in [-0.2, 0) is 10.1 Å². The van der Waals surface area contributed by atoms with E-state index in [-0.39, 0.29) is 12.2 Å². The Kier molecular flexibility index (Phi) is 5.43. The van der Waals surface area contributed by atoms with Gasteiger partial charge in [0.25, 0.3) is 10.1 Å². The van der Waals surface area contributed by atoms with Crippen molar-refractivity contribution >= 4 is 42.0 Å². The molecule has 0 aromatic heterocycles. The molecule has 7 heteroatoms.